The summed E-state index contributed by atoms with van der Waals surface area (Å²) in [4.78, 5) is 11.5. The molecule has 1 atom stereocenters. The van der Waals surface area contributed by atoms with Crippen LogP contribution in [-0.4, -0.2) is 38.7 Å². The molecule has 0 saturated heterocycles. The van der Waals surface area contributed by atoms with Crippen molar-refractivity contribution in [2.24, 2.45) is 5.73 Å². The van der Waals surface area contributed by atoms with Crippen molar-refractivity contribution < 1.29 is 13.2 Å². The van der Waals surface area contributed by atoms with Crippen LogP contribution in [0.1, 0.15) is 33.6 Å². The first-order valence-electron chi connectivity index (χ1n) is 5.57. The predicted octanol–water partition coefficient (Wildman–Crippen LogP) is -0.442. The fourth-order valence-corrected chi connectivity index (χ4v) is 2.39. The third kappa shape index (κ3) is 9.08. The van der Waals surface area contributed by atoms with Gasteiger partial charge in [-0.15, -0.1) is 0 Å². The lowest BCUT2D eigenvalue weighted by atomic mass is 10.1. The van der Waals surface area contributed by atoms with Crippen LogP contribution in [0.25, 0.3) is 0 Å². The molecule has 0 aliphatic heterocycles. The highest BCUT2D eigenvalue weighted by Gasteiger charge is 2.22. The summed E-state index contributed by atoms with van der Waals surface area (Å²) in [5.41, 5.74) is 4.93. The summed E-state index contributed by atoms with van der Waals surface area (Å²) in [5.74, 6) is -0.164. The standard InChI is InChI=1S/C10H23N3O3S/c1-5-8(11)6-9(14)12-7-10(2,3)13-17(4,15)16/h8,13H,5-7,11H2,1-4H3,(H,12,14). The van der Waals surface area contributed by atoms with Crippen LogP contribution in [0.2, 0.25) is 0 Å². The Morgan fingerprint density at radius 3 is 2.35 bits per heavy atom. The van der Waals surface area contributed by atoms with E-state index in [0.717, 1.165) is 12.7 Å². The number of carbonyl (C=O) groups excluding carboxylic acids is 1. The molecule has 0 saturated carbocycles. The molecular formula is C10H23N3O3S. The second-order valence-electron chi connectivity index (χ2n) is 4.91. The molecule has 0 aliphatic rings. The van der Waals surface area contributed by atoms with Crippen LogP contribution in [0.15, 0.2) is 0 Å². The molecule has 0 aromatic carbocycles. The summed E-state index contributed by atoms with van der Waals surface area (Å²) < 4.78 is 24.6. The van der Waals surface area contributed by atoms with E-state index in [1.54, 1.807) is 13.8 Å². The summed E-state index contributed by atoms with van der Waals surface area (Å²) in [6.07, 6.45) is 2.08. The topological polar surface area (TPSA) is 101 Å². The molecule has 0 aromatic rings. The van der Waals surface area contributed by atoms with E-state index in [4.69, 9.17) is 5.73 Å². The van der Waals surface area contributed by atoms with Gasteiger partial charge in [0.2, 0.25) is 15.9 Å². The van der Waals surface area contributed by atoms with Crippen molar-refractivity contribution in [3.8, 4) is 0 Å². The molecule has 0 aromatic heterocycles. The van der Waals surface area contributed by atoms with Gasteiger partial charge in [-0.3, -0.25) is 4.79 Å². The normalized spacial score (nSPS) is 14.4. The van der Waals surface area contributed by atoms with Gasteiger partial charge < -0.3 is 11.1 Å². The van der Waals surface area contributed by atoms with Crippen LogP contribution >= 0.6 is 0 Å². The minimum absolute atomic E-state index is 0.152. The average Bonchev–Trinajstić information content (AvgIpc) is 2.11. The zero-order chi connectivity index (χ0) is 13.7. The molecule has 6 nitrogen and oxygen atoms in total. The first kappa shape index (κ1) is 16.3. The van der Waals surface area contributed by atoms with Crippen molar-refractivity contribution in [3.63, 3.8) is 0 Å². The molecule has 0 radical (unpaired) electrons. The Hall–Kier alpha value is -0.660. The molecule has 0 fully saturated rings. The van der Waals surface area contributed by atoms with Gasteiger partial charge in [-0.1, -0.05) is 6.92 Å². The highest BCUT2D eigenvalue weighted by atomic mass is 32.2. The van der Waals surface area contributed by atoms with E-state index in [1.165, 1.54) is 0 Å². The molecule has 0 aliphatic carbocycles. The summed E-state index contributed by atoms with van der Waals surface area (Å²) in [6, 6.07) is -0.152. The highest BCUT2D eigenvalue weighted by molar-refractivity contribution is 7.88. The maximum absolute atomic E-state index is 11.5. The van der Waals surface area contributed by atoms with Crippen LogP contribution in [-0.2, 0) is 14.8 Å². The summed E-state index contributed by atoms with van der Waals surface area (Å²) >= 11 is 0. The lowest BCUT2D eigenvalue weighted by Crippen LogP contribution is -2.51. The number of rotatable bonds is 7. The minimum Gasteiger partial charge on any atom is -0.354 e. The Morgan fingerprint density at radius 2 is 1.94 bits per heavy atom. The van der Waals surface area contributed by atoms with Gasteiger partial charge in [-0.25, -0.2) is 13.1 Å². The Morgan fingerprint density at radius 1 is 1.41 bits per heavy atom. The van der Waals surface area contributed by atoms with Gasteiger partial charge in [0.25, 0.3) is 0 Å². The predicted molar refractivity (Wildman–Crippen MR) is 68.0 cm³/mol. The minimum atomic E-state index is -3.28. The summed E-state index contributed by atoms with van der Waals surface area (Å²) in [7, 11) is -3.28. The first-order valence-corrected chi connectivity index (χ1v) is 7.46. The molecule has 7 heteroatoms. The van der Waals surface area contributed by atoms with E-state index in [2.05, 4.69) is 10.0 Å². The number of carbonyl (C=O) groups is 1. The van der Waals surface area contributed by atoms with E-state index in [1.807, 2.05) is 6.92 Å². The van der Waals surface area contributed by atoms with Gasteiger partial charge in [0.05, 0.1) is 6.26 Å². The van der Waals surface area contributed by atoms with E-state index in [-0.39, 0.29) is 24.9 Å². The fraction of sp³-hybridized carbons (Fsp3) is 0.900. The first-order chi connectivity index (χ1) is 7.56. The number of amides is 1. The van der Waals surface area contributed by atoms with E-state index < -0.39 is 15.6 Å². The van der Waals surface area contributed by atoms with Crippen molar-refractivity contribution in [3.05, 3.63) is 0 Å². The van der Waals surface area contributed by atoms with Crippen molar-refractivity contribution in [1.29, 1.82) is 0 Å². The van der Waals surface area contributed by atoms with E-state index in [9.17, 15) is 13.2 Å². The molecule has 1 amide bonds. The quantitative estimate of drug-likeness (QED) is 0.580. The van der Waals surface area contributed by atoms with Gasteiger partial charge in [0, 0.05) is 24.5 Å². The zero-order valence-electron chi connectivity index (χ0n) is 10.9. The largest absolute Gasteiger partial charge is 0.354 e. The van der Waals surface area contributed by atoms with E-state index in [0.29, 0.717) is 0 Å². The lowest BCUT2D eigenvalue weighted by Gasteiger charge is -2.25. The van der Waals surface area contributed by atoms with Gasteiger partial charge in [-0.2, -0.15) is 0 Å². The third-order valence-electron chi connectivity index (χ3n) is 2.16. The third-order valence-corrected chi connectivity index (χ3v) is 3.08. The highest BCUT2D eigenvalue weighted by Crippen LogP contribution is 2.02. The monoisotopic (exact) mass is 265 g/mol. The molecule has 17 heavy (non-hydrogen) atoms. The Labute approximate surface area is 103 Å². The maximum Gasteiger partial charge on any atom is 0.221 e. The Balaban J connectivity index is 4.14. The smallest absolute Gasteiger partial charge is 0.221 e. The van der Waals surface area contributed by atoms with Crippen molar-refractivity contribution in [2.45, 2.75) is 45.2 Å². The van der Waals surface area contributed by atoms with Gasteiger partial charge >= 0.3 is 0 Å². The summed E-state index contributed by atoms with van der Waals surface area (Å²) in [6.45, 7) is 5.55. The molecule has 0 spiro atoms. The molecule has 0 rings (SSSR count). The number of nitrogens with one attached hydrogen (secondary N) is 2. The van der Waals surface area contributed by atoms with Crippen molar-refractivity contribution in [1.82, 2.24) is 10.0 Å². The lowest BCUT2D eigenvalue weighted by molar-refractivity contribution is -0.121. The number of sulfonamides is 1. The zero-order valence-corrected chi connectivity index (χ0v) is 11.7. The Kier molecular flexibility index (Phi) is 6.08. The molecule has 0 heterocycles. The van der Waals surface area contributed by atoms with Gasteiger partial charge in [0.15, 0.2) is 0 Å². The Bertz CT molecular complexity index is 352. The average molecular weight is 265 g/mol. The van der Waals surface area contributed by atoms with Gasteiger partial charge in [-0.05, 0) is 20.3 Å². The maximum atomic E-state index is 11.5. The fourth-order valence-electron chi connectivity index (χ4n) is 1.31. The number of nitrogens with two attached hydrogens (primary N) is 1. The van der Waals surface area contributed by atoms with E-state index >= 15 is 0 Å². The van der Waals surface area contributed by atoms with Crippen LogP contribution < -0.4 is 15.8 Å². The molecular weight excluding hydrogens is 242 g/mol. The van der Waals surface area contributed by atoms with Crippen molar-refractivity contribution >= 4 is 15.9 Å². The molecule has 102 valence electrons. The van der Waals surface area contributed by atoms with Gasteiger partial charge in [0.1, 0.15) is 0 Å². The molecule has 4 N–H and O–H groups in total. The molecule has 1 unspecified atom stereocenters. The van der Waals surface area contributed by atoms with Crippen LogP contribution in [0.3, 0.4) is 0 Å². The van der Waals surface area contributed by atoms with Crippen LogP contribution in [0.4, 0.5) is 0 Å². The SMILES string of the molecule is CCC(N)CC(=O)NCC(C)(C)NS(C)(=O)=O. The molecule has 0 bridgehead atoms. The van der Waals surface area contributed by atoms with Crippen LogP contribution in [0.5, 0.6) is 0 Å². The van der Waals surface area contributed by atoms with Crippen molar-refractivity contribution in [2.75, 3.05) is 12.8 Å². The second-order valence-corrected chi connectivity index (χ2v) is 6.66. The second kappa shape index (κ2) is 6.32. The summed E-state index contributed by atoms with van der Waals surface area (Å²) in [5, 5.41) is 2.66. The number of hydrogen-bond donors (Lipinski definition) is 3. The van der Waals surface area contributed by atoms with Crippen LogP contribution in [0, 0.1) is 0 Å². The number of hydrogen-bond acceptors (Lipinski definition) is 4.